The molecule has 0 saturated heterocycles. The fourth-order valence-electron chi connectivity index (χ4n) is 1.49. The molecule has 3 heteroatoms. The van der Waals surface area contributed by atoms with E-state index in [1.54, 1.807) is 0 Å². The highest BCUT2D eigenvalue weighted by atomic mass is 16.4. The number of carbonyl (C=O) groups is 1. The predicted molar refractivity (Wildman–Crippen MR) is 55.8 cm³/mol. The zero-order chi connectivity index (χ0) is 10.8. The number of aryl methyl sites for hydroxylation is 1. The Bertz CT molecular complexity index is 497. The van der Waals surface area contributed by atoms with E-state index in [0.29, 0.717) is 0 Å². The van der Waals surface area contributed by atoms with Gasteiger partial charge in [0.2, 0.25) is 5.76 Å². The van der Waals surface area contributed by atoms with Gasteiger partial charge in [0.15, 0.2) is 0 Å². The molecule has 0 atom stereocenters. The molecule has 0 aliphatic carbocycles. The maximum Gasteiger partial charge on any atom is 0.371 e. The highest BCUT2D eigenvalue weighted by molar-refractivity contribution is 5.86. The third-order valence-corrected chi connectivity index (χ3v) is 2.27. The second kappa shape index (κ2) is 3.61. The van der Waals surface area contributed by atoms with Crippen molar-refractivity contribution in [2.24, 2.45) is 0 Å². The van der Waals surface area contributed by atoms with Gasteiger partial charge in [-0.25, -0.2) is 4.79 Å². The number of hydrogen-bond acceptors (Lipinski definition) is 2. The summed E-state index contributed by atoms with van der Waals surface area (Å²) in [6, 6.07) is 9.30. The van der Waals surface area contributed by atoms with Crippen molar-refractivity contribution in [3.8, 4) is 11.1 Å². The standard InChI is InChI=1S/C12H10O3/c1-8-4-2-3-5-10(8)9-6-11(12(13)14)15-7-9/h2-7H,1H3,(H,13,14). The highest BCUT2D eigenvalue weighted by Crippen LogP contribution is 2.25. The summed E-state index contributed by atoms with van der Waals surface area (Å²) < 4.78 is 4.94. The van der Waals surface area contributed by atoms with Crippen molar-refractivity contribution in [1.82, 2.24) is 0 Å². The quantitative estimate of drug-likeness (QED) is 0.814. The molecule has 15 heavy (non-hydrogen) atoms. The maximum absolute atomic E-state index is 10.6. The summed E-state index contributed by atoms with van der Waals surface area (Å²) in [5, 5.41) is 8.72. The number of benzene rings is 1. The molecular formula is C12H10O3. The normalized spacial score (nSPS) is 10.2. The van der Waals surface area contributed by atoms with E-state index in [4.69, 9.17) is 9.52 Å². The summed E-state index contributed by atoms with van der Waals surface area (Å²) in [4.78, 5) is 10.6. The van der Waals surface area contributed by atoms with Gasteiger partial charge in [0.25, 0.3) is 0 Å². The van der Waals surface area contributed by atoms with Crippen LogP contribution in [0.4, 0.5) is 0 Å². The van der Waals surface area contributed by atoms with Crippen molar-refractivity contribution in [3.05, 3.63) is 47.9 Å². The van der Waals surface area contributed by atoms with Crippen LogP contribution in [0.15, 0.2) is 41.0 Å². The lowest BCUT2D eigenvalue weighted by atomic mass is 10.0. The Labute approximate surface area is 87.0 Å². The van der Waals surface area contributed by atoms with E-state index >= 15 is 0 Å². The lowest BCUT2D eigenvalue weighted by Gasteiger charge is -2.00. The van der Waals surface area contributed by atoms with E-state index in [0.717, 1.165) is 16.7 Å². The van der Waals surface area contributed by atoms with Gasteiger partial charge in [-0.15, -0.1) is 0 Å². The number of furan rings is 1. The average molecular weight is 202 g/mol. The Morgan fingerprint density at radius 2 is 2.07 bits per heavy atom. The third kappa shape index (κ3) is 1.76. The van der Waals surface area contributed by atoms with Gasteiger partial charge in [0, 0.05) is 5.56 Å². The molecule has 0 amide bonds. The summed E-state index contributed by atoms with van der Waals surface area (Å²) >= 11 is 0. The monoisotopic (exact) mass is 202 g/mol. The molecule has 0 bridgehead atoms. The van der Waals surface area contributed by atoms with Crippen LogP contribution in [0, 0.1) is 6.92 Å². The molecular weight excluding hydrogens is 192 g/mol. The minimum Gasteiger partial charge on any atom is -0.475 e. The lowest BCUT2D eigenvalue weighted by Crippen LogP contribution is -1.91. The lowest BCUT2D eigenvalue weighted by molar-refractivity contribution is 0.0662. The number of carboxylic acids is 1. The molecule has 0 fully saturated rings. The second-order valence-electron chi connectivity index (χ2n) is 3.32. The van der Waals surface area contributed by atoms with Crippen molar-refractivity contribution in [2.45, 2.75) is 6.92 Å². The molecule has 0 saturated carbocycles. The molecule has 1 heterocycles. The Balaban J connectivity index is 2.46. The fraction of sp³-hybridized carbons (Fsp3) is 0.0833. The van der Waals surface area contributed by atoms with E-state index in [1.165, 1.54) is 12.3 Å². The molecule has 0 unspecified atom stereocenters. The van der Waals surface area contributed by atoms with Gasteiger partial charge in [0.1, 0.15) is 0 Å². The van der Waals surface area contributed by atoms with Gasteiger partial charge in [-0.1, -0.05) is 24.3 Å². The molecule has 3 nitrogen and oxygen atoms in total. The predicted octanol–water partition coefficient (Wildman–Crippen LogP) is 2.95. The average Bonchev–Trinajstić information content (AvgIpc) is 2.67. The van der Waals surface area contributed by atoms with E-state index in [9.17, 15) is 4.79 Å². The van der Waals surface area contributed by atoms with Crippen LogP contribution in [0.25, 0.3) is 11.1 Å². The molecule has 0 aliphatic heterocycles. The molecule has 0 spiro atoms. The van der Waals surface area contributed by atoms with Crippen LogP contribution >= 0.6 is 0 Å². The Kier molecular flexibility index (Phi) is 2.29. The Morgan fingerprint density at radius 1 is 1.33 bits per heavy atom. The van der Waals surface area contributed by atoms with Crippen molar-refractivity contribution < 1.29 is 14.3 Å². The largest absolute Gasteiger partial charge is 0.475 e. The van der Waals surface area contributed by atoms with Crippen molar-refractivity contribution in [2.75, 3.05) is 0 Å². The van der Waals surface area contributed by atoms with Gasteiger partial charge in [0.05, 0.1) is 6.26 Å². The molecule has 1 aromatic carbocycles. The minimum absolute atomic E-state index is 0.0340. The first-order valence-electron chi connectivity index (χ1n) is 4.56. The van der Waals surface area contributed by atoms with E-state index in [-0.39, 0.29) is 5.76 Å². The number of rotatable bonds is 2. The van der Waals surface area contributed by atoms with Gasteiger partial charge < -0.3 is 9.52 Å². The number of carboxylic acid groups (broad SMARTS) is 1. The molecule has 2 aromatic rings. The van der Waals surface area contributed by atoms with Crippen LogP contribution in [-0.4, -0.2) is 11.1 Å². The van der Waals surface area contributed by atoms with E-state index < -0.39 is 5.97 Å². The van der Waals surface area contributed by atoms with Crippen LogP contribution in [0.3, 0.4) is 0 Å². The smallest absolute Gasteiger partial charge is 0.371 e. The van der Waals surface area contributed by atoms with Crippen LogP contribution < -0.4 is 0 Å². The minimum atomic E-state index is -1.05. The van der Waals surface area contributed by atoms with Crippen molar-refractivity contribution in [3.63, 3.8) is 0 Å². The highest BCUT2D eigenvalue weighted by Gasteiger charge is 2.10. The topological polar surface area (TPSA) is 50.4 Å². The van der Waals surface area contributed by atoms with E-state index in [2.05, 4.69) is 0 Å². The molecule has 0 radical (unpaired) electrons. The molecule has 76 valence electrons. The Morgan fingerprint density at radius 3 is 2.67 bits per heavy atom. The number of hydrogen-bond donors (Lipinski definition) is 1. The summed E-state index contributed by atoms with van der Waals surface area (Å²) in [6.45, 7) is 1.97. The zero-order valence-corrected chi connectivity index (χ0v) is 8.23. The first kappa shape index (κ1) is 9.52. The van der Waals surface area contributed by atoms with E-state index in [1.807, 2.05) is 31.2 Å². The molecule has 1 aromatic heterocycles. The van der Waals surface area contributed by atoms with Crippen LogP contribution in [0.2, 0.25) is 0 Å². The summed E-state index contributed by atoms with van der Waals surface area (Å²) in [5.41, 5.74) is 2.88. The Hall–Kier alpha value is -2.03. The fourth-order valence-corrected chi connectivity index (χ4v) is 1.49. The summed E-state index contributed by atoms with van der Waals surface area (Å²) in [6.07, 6.45) is 1.46. The molecule has 2 rings (SSSR count). The summed E-state index contributed by atoms with van der Waals surface area (Å²) in [7, 11) is 0. The second-order valence-corrected chi connectivity index (χ2v) is 3.32. The van der Waals surface area contributed by atoms with Gasteiger partial charge in [-0.2, -0.15) is 0 Å². The first-order chi connectivity index (χ1) is 7.18. The van der Waals surface area contributed by atoms with Crippen LogP contribution in [0.1, 0.15) is 16.1 Å². The summed E-state index contributed by atoms with van der Waals surface area (Å²) in [5.74, 6) is -1.08. The molecule has 1 N–H and O–H groups in total. The molecule has 0 aliphatic rings. The van der Waals surface area contributed by atoms with Crippen molar-refractivity contribution >= 4 is 5.97 Å². The van der Waals surface area contributed by atoms with Crippen LogP contribution in [0.5, 0.6) is 0 Å². The SMILES string of the molecule is Cc1ccccc1-c1coc(C(=O)O)c1. The van der Waals surface area contributed by atoms with Crippen molar-refractivity contribution in [1.29, 1.82) is 0 Å². The first-order valence-corrected chi connectivity index (χ1v) is 4.56. The van der Waals surface area contributed by atoms with Gasteiger partial charge in [-0.05, 0) is 24.1 Å². The van der Waals surface area contributed by atoms with Gasteiger partial charge in [-0.3, -0.25) is 0 Å². The number of aromatic carboxylic acids is 1. The maximum atomic E-state index is 10.6. The third-order valence-electron chi connectivity index (χ3n) is 2.27. The van der Waals surface area contributed by atoms with Crippen LogP contribution in [-0.2, 0) is 0 Å². The zero-order valence-electron chi connectivity index (χ0n) is 8.23. The van der Waals surface area contributed by atoms with Gasteiger partial charge >= 0.3 is 5.97 Å².